The van der Waals surface area contributed by atoms with Gasteiger partial charge in [0.05, 0.1) is 0 Å². The fraction of sp³-hybridized carbons (Fsp3) is 0.278. The van der Waals surface area contributed by atoms with Crippen molar-refractivity contribution in [3.05, 3.63) is 58.7 Å². The van der Waals surface area contributed by atoms with Crippen LogP contribution < -0.4 is 5.32 Å². The third-order valence-corrected chi connectivity index (χ3v) is 4.22. The molecule has 1 N–H and O–H groups in total. The smallest absolute Gasteiger partial charge is 0.413 e. The molecule has 25 heavy (non-hydrogen) atoms. The molecule has 1 aromatic heterocycles. The molecule has 0 saturated carbocycles. The summed E-state index contributed by atoms with van der Waals surface area (Å²) in [5.41, 5.74) is 0.543. The fourth-order valence-electron chi connectivity index (χ4n) is 2.02. The number of carbonyl (C=O) groups is 2. The molecule has 2 rings (SSSR count). The largest absolute Gasteiger partial charge is 0.444 e. The van der Waals surface area contributed by atoms with Crippen LogP contribution in [0, 0.1) is 0 Å². The minimum Gasteiger partial charge on any atom is -0.444 e. The number of benzene rings is 1. The van der Waals surface area contributed by atoms with Crippen molar-refractivity contribution in [1.82, 2.24) is 4.98 Å². The van der Waals surface area contributed by atoms with Crippen molar-refractivity contribution >= 4 is 45.2 Å². The lowest BCUT2D eigenvalue weighted by molar-refractivity contribution is 0.0635. The summed E-state index contributed by atoms with van der Waals surface area (Å²) in [5, 5.41) is 3.05. The molecule has 1 atom stereocenters. The van der Waals surface area contributed by atoms with E-state index in [0.29, 0.717) is 22.0 Å². The van der Waals surface area contributed by atoms with Crippen molar-refractivity contribution in [2.24, 2.45) is 0 Å². The Kier molecular flexibility index (Phi) is 6.19. The first-order chi connectivity index (χ1) is 11.7. The summed E-state index contributed by atoms with van der Waals surface area (Å²) in [7, 11) is 0. The van der Waals surface area contributed by atoms with Gasteiger partial charge in [-0.1, -0.05) is 39.7 Å². The minimum atomic E-state index is -0.609. The van der Waals surface area contributed by atoms with Gasteiger partial charge >= 0.3 is 6.09 Å². The first kappa shape index (κ1) is 19.4. The van der Waals surface area contributed by atoms with Gasteiger partial charge in [-0.25, -0.2) is 9.78 Å². The topological polar surface area (TPSA) is 68.3 Å². The Morgan fingerprint density at radius 2 is 1.96 bits per heavy atom. The van der Waals surface area contributed by atoms with Gasteiger partial charge in [-0.3, -0.25) is 10.1 Å². The molecular weight excluding hydrogens is 408 g/mol. The number of pyridine rings is 1. The first-order valence-corrected chi connectivity index (χ1v) is 8.85. The van der Waals surface area contributed by atoms with E-state index < -0.39 is 16.5 Å². The average Bonchev–Trinajstić information content (AvgIpc) is 2.52. The number of carbonyl (C=O) groups excluding carboxylic acids is 2. The Morgan fingerprint density at radius 3 is 2.60 bits per heavy atom. The highest BCUT2D eigenvalue weighted by Gasteiger charge is 2.21. The monoisotopic (exact) mass is 424 g/mol. The van der Waals surface area contributed by atoms with Crippen LogP contribution in [0.25, 0.3) is 0 Å². The van der Waals surface area contributed by atoms with E-state index in [2.05, 4.69) is 26.2 Å². The number of alkyl halides is 1. The maximum absolute atomic E-state index is 12.6. The van der Waals surface area contributed by atoms with Gasteiger partial charge in [0.1, 0.15) is 16.2 Å². The van der Waals surface area contributed by atoms with E-state index in [9.17, 15) is 9.59 Å². The molecule has 5 nitrogen and oxygen atoms in total. The number of ketones is 1. The zero-order valence-electron chi connectivity index (χ0n) is 14.0. The highest BCUT2D eigenvalue weighted by Crippen LogP contribution is 2.29. The predicted octanol–water partition coefficient (Wildman–Crippen LogP) is 5.40. The Balaban J connectivity index is 2.14. The van der Waals surface area contributed by atoms with Crippen LogP contribution in [0.15, 0.2) is 42.6 Å². The van der Waals surface area contributed by atoms with Crippen LogP contribution in [0.2, 0.25) is 5.02 Å². The number of nitrogens with zero attached hydrogens (tertiary/aromatic N) is 1. The van der Waals surface area contributed by atoms with Crippen molar-refractivity contribution in [1.29, 1.82) is 0 Å². The zero-order valence-corrected chi connectivity index (χ0v) is 16.4. The first-order valence-electron chi connectivity index (χ1n) is 7.55. The molecule has 0 bridgehead atoms. The van der Waals surface area contributed by atoms with Gasteiger partial charge in [0.2, 0.25) is 0 Å². The number of halogens is 2. The third kappa shape index (κ3) is 5.83. The number of hydrogen-bond donors (Lipinski definition) is 1. The Hall–Kier alpha value is -1.92. The SMILES string of the molecule is CC(C)(C)OC(=O)Nc1cc(C(Br)C(=O)c2cccc(Cl)c2)ccn1. The molecule has 132 valence electrons. The van der Waals surface area contributed by atoms with E-state index >= 15 is 0 Å². The molecule has 0 saturated heterocycles. The second-order valence-corrected chi connectivity index (χ2v) is 7.69. The van der Waals surface area contributed by atoms with Gasteiger partial charge in [0, 0.05) is 16.8 Å². The number of Topliss-reactive ketones (excluding diaryl/α,β-unsaturated/α-hetero) is 1. The Morgan fingerprint density at radius 1 is 1.24 bits per heavy atom. The standard InChI is InChI=1S/C18H18BrClN2O3/c1-18(2,3)25-17(24)22-14-10-11(7-8-21-14)15(19)16(23)12-5-4-6-13(20)9-12/h4-10,15H,1-3H3,(H,21,22,24). The molecule has 0 spiro atoms. The van der Waals surface area contributed by atoms with Crippen LogP contribution in [0.4, 0.5) is 10.6 Å². The molecule has 7 heteroatoms. The molecule has 0 aliphatic carbocycles. The van der Waals surface area contributed by atoms with Crippen LogP contribution in [0.1, 0.15) is 41.5 Å². The number of ether oxygens (including phenoxy) is 1. The van der Waals surface area contributed by atoms with Crippen molar-refractivity contribution in [3.63, 3.8) is 0 Å². The lowest BCUT2D eigenvalue weighted by Gasteiger charge is -2.19. The molecule has 0 fully saturated rings. The summed E-state index contributed by atoms with van der Waals surface area (Å²) in [4.78, 5) is 27.9. The highest BCUT2D eigenvalue weighted by atomic mass is 79.9. The number of rotatable bonds is 4. The van der Waals surface area contributed by atoms with E-state index in [1.807, 2.05) is 0 Å². The maximum atomic E-state index is 12.6. The molecule has 1 amide bonds. The van der Waals surface area contributed by atoms with Gasteiger partial charge in [-0.15, -0.1) is 0 Å². The third-order valence-electron chi connectivity index (χ3n) is 3.04. The molecule has 1 heterocycles. The van der Waals surface area contributed by atoms with Gasteiger partial charge in [0.25, 0.3) is 0 Å². The van der Waals surface area contributed by atoms with Crippen LogP contribution in [0.3, 0.4) is 0 Å². The summed E-state index contributed by atoms with van der Waals surface area (Å²) in [6, 6.07) is 10.0. The van der Waals surface area contributed by atoms with Crippen LogP contribution in [0.5, 0.6) is 0 Å². The second-order valence-electron chi connectivity index (χ2n) is 6.34. The van der Waals surface area contributed by atoms with Crippen LogP contribution >= 0.6 is 27.5 Å². The Bertz CT molecular complexity index is 790. The summed E-state index contributed by atoms with van der Waals surface area (Å²) in [6.07, 6.45) is 0.908. The maximum Gasteiger partial charge on any atom is 0.413 e. The van der Waals surface area contributed by atoms with E-state index in [4.69, 9.17) is 16.3 Å². The lowest BCUT2D eigenvalue weighted by Crippen LogP contribution is -2.27. The van der Waals surface area contributed by atoms with Gasteiger partial charge < -0.3 is 4.74 Å². The van der Waals surface area contributed by atoms with Gasteiger partial charge in [-0.2, -0.15) is 0 Å². The van der Waals surface area contributed by atoms with Gasteiger partial charge in [0.15, 0.2) is 5.78 Å². The molecule has 1 unspecified atom stereocenters. The quantitative estimate of drug-likeness (QED) is 0.526. The van der Waals surface area contributed by atoms with E-state index in [1.165, 1.54) is 6.20 Å². The summed E-state index contributed by atoms with van der Waals surface area (Å²) < 4.78 is 5.19. The molecule has 0 radical (unpaired) electrons. The van der Waals surface area contributed by atoms with Gasteiger partial charge in [-0.05, 0) is 50.6 Å². The summed E-state index contributed by atoms with van der Waals surface area (Å²) >= 11 is 9.33. The molecule has 2 aromatic rings. The molecule has 1 aromatic carbocycles. The second kappa shape index (κ2) is 7.97. The van der Waals surface area contributed by atoms with Crippen molar-refractivity contribution in [3.8, 4) is 0 Å². The summed E-state index contributed by atoms with van der Waals surface area (Å²) in [6.45, 7) is 5.32. The normalized spacial score (nSPS) is 12.4. The predicted molar refractivity (Wildman–Crippen MR) is 102 cm³/mol. The van der Waals surface area contributed by atoms with Crippen molar-refractivity contribution in [2.75, 3.05) is 5.32 Å². The number of anilines is 1. The van der Waals surface area contributed by atoms with Crippen molar-refractivity contribution in [2.45, 2.75) is 31.2 Å². The zero-order chi connectivity index (χ0) is 18.6. The fourth-order valence-corrected chi connectivity index (χ4v) is 2.76. The summed E-state index contributed by atoms with van der Waals surface area (Å²) in [5.74, 6) is 0.159. The van der Waals surface area contributed by atoms with Crippen LogP contribution in [-0.4, -0.2) is 22.5 Å². The highest BCUT2D eigenvalue weighted by molar-refractivity contribution is 9.09. The Labute approximate surface area is 159 Å². The number of nitrogens with one attached hydrogen (secondary N) is 1. The lowest BCUT2D eigenvalue weighted by atomic mass is 10.0. The molecular formula is C18H18BrClN2O3. The minimum absolute atomic E-state index is 0.142. The number of hydrogen-bond acceptors (Lipinski definition) is 4. The number of amides is 1. The van der Waals surface area contributed by atoms with Crippen LogP contribution in [-0.2, 0) is 4.74 Å². The molecule has 0 aliphatic rings. The number of aromatic nitrogens is 1. The van der Waals surface area contributed by atoms with E-state index in [0.717, 1.165) is 0 Å². The average molecular weight is 426 g/mol. The van der Waals surface area contributed by atoms with E-state index in [-0.39, 0.29) is 5.78 Å². The van der Waals surface area contributed by atoms with E-state index in [1.54, 1.807) is 57.2 Å². The molecule has 0 aliphatic heterocycles. The van der Waals surface area contributed by atoms with Crippen molar-refractivity contribution < 1.29 is 14.3 Å².